The lowest BCUT2D eigenvalue weighted by Crippen LogP contribution is -2.25. The Labute approximate surface area is 56.1 Å². The van der Waals surface area contributed by atoms with E-state index in [1.807, 2.05) is 0 Å². The first-order valence-corrected chi connectivity index (χ1v) is 3.71. The predicted molar refractivity (Wildman–Crippen MR) is 38.0 cm³/mol. The van der Waals surface area contributed by atoms with Crippen molar-refractivity contribution in [2.75, 3.05) is 0 Å². The van der Waals surface area contributed by atoms with E-state index in [0.29, 0.717) is 0 Å². The molecule has 2 fully saturated rings. The molecular weight excluding hydrogens is 110 g/mol. The summed E-state index contributed by atoms with van der Waals surface area (Å²) in [6, 6.07) is 0.807. The van der Waals surface area contributed by atoms with Gasteiger partial charge in [0.25, 0.3) is 0 Å². The van der Waals surface area contributed by atoms with Gasteiger partial charge < -0.3 is 5.32 Å². The molecule has 2 rings (SSSR count). The van der Waals surface area contributed by atoms with Gasteiger partial charge in [0.1, 0.15) is 0 Å². The maximum Gasteiger partial charge on any atom is 0.0293 e. The Morgan fingerprint density at radius 3 is 3.11 bits per heavy atom. The molecule has 0 spiro atoms. The fraction of sp³-hybridized carbons (Fsp3) is 0.750. The van der Waals surface area contributed by atoms with Crippen LogP contribution in [0.15, 0.2) is 12.3 Å². The highest BCUT2D eigenvalue weighted by Gasteiger charge is 2.44. The molecule has 1 heteroatoms. The number of allylic oxidation sites excluding steroid dienone is 1. The van der Waals surface area contributed by atoms with Crippen LogP contribution in [0.1, 0.15) is 19.8 Å². The lowest BCUT2D eigenvalue weighted by molar-refractivity contribution is 0.427. The van der Waals surface area contributed by atoms with Crippen LogP contribution in [0.5, 0.6) is 0 Å². The van der Waals surface area contributed by atoms with E-state index in [9.17, 15) is 0 Å². The molecule has 3 unspecified atom stereocenters. The number of hydrogen-bond acceptors (Lipinski definition) is 1. The zero-order valence-corrected chi connectivity index (χ0v) is 5.85. The van der Waals surface area contributed by atoms with Gasteiger partial charge in [0.05, 0.1) is 0 Å². The topological polar surface area (TPSA) is 12.0 Å². The molecule has 0 bridgehead atoms. The smallest absolute Gasteiger partial charge is 0.0293 e. The molecule has 0 amide bonds. The first-order valence-electron chi connectivity index (χ1n) is 3.71. The highest BCUT2D eigenvalue weighted by atomic mass is 15.0. The Balaban J connectivity index is 2.07. The molecule has 9 heavy (non-hydrogen) atoms. The second-order valence-corrected chi connectivity index (χ2v) is 3.44. The average molecular weight is 123 g/mol. The second-order valence-electron chi connectivity index (χ2n) is 3.44. The molecule has 1 heterocycles. The summed E-state index contributed by atoms with van der Waals surface area (Å²) in [4.78, 5) is 0. The van der Waals surface area contributed by atoms with Crippen LogP contribution in [0.3, 0.4) is 0 Å². The van der Waals surface area contributed by atoms with Gasteiger partial charge in [-0.3, -0.25) is 0 Å². The Morgan fingerprint density at radius 1 is 1.67 bits per heavy atom. The molecule has 1 saturated carbocycles. The van der Waals surface area contributed by atoms with Crippen molar-refractivity contribution in [2.45, 2.75) is 25.8 Å². The Kier molecular flexibility index (Phi) is 0.904. The number of nitrogens with one attached hydrogen (secondary N) is 1. The normalized spacial score (nSPS) is 47.7. The molecule has 50 valence electrons. The summed E-state index contributed by atoms with van der Waals surface area (Å²) in [5.74, 6) is 1.87. The van der Waals surface area contributed by atoms with Gasteiger partial charge in [-0.25, -0.2) is 0 Å². The lowest BCUT2D eigenvalue weighted by atomic mass is 9.97. The fourth-order valence-corrected chi connectivity index (χ4v) is 1.87. The summed E-state index contributed by atoms with van der Waals surface area (Å²) in [5.41, 5.74) is 1.25. The molecule has 1 aliphatic carbocycles. The van der Waals surface area contributed by atoms with Crippen molar-refractivity contribution in [1.29, 1.82) is 0 Å². The first kappa shape index (κ1) is 5.33. The monoisotopic (exact) mass is 123 g/mol. The van der Waals surface area contributed by atoms with Crippen LogP contribution >= 0.6 is 0 Å². The van der Waals surface area contributed by atoms with E-state index >= 15 is 0 Å². The van der Waals surface area contributed by atoms with Crippen molar-refractivity contribution >= 4 is 0 Å². The summed E-state index contributed by atoms with van der Waals surface area (Å²) < 4.78 is 0. The number of hydrogen-bond donors (Lipinski definition) is 1. The van der Waals surface area contributed by atoms with Gasteiger partial charge >= 0.3 is 0 Å². The molecule has 0 aromatic heterocycles. The van der Waals surface area contributed by atoms with Crippen LogP contribution in [0.2, 0.25) is 0 Å². The van der Waals surface area contributed by atoms with Gasteiger partial charge in [0.15, 0.2) is 0 Å². The van der Waals surface area contributed by atoms with Crippen LogP contribution in [-0.2, 0) is 0 Å². The van der Waals surface area contributed by atoms with Gasteiger partial charge in [-0.05, 0) is 24.7 Å². The largest absolute Gasteiger partial charge is 0.386 e. The number of rotatable bonds is 0. The highest BCUT2D eigenvalue weighted by Crippen LogP contribution is 2.43. The standard InChI is InChI=1S/C8H13N/c1-5-3-6(2)9-8-4-7(5)8/h5,7-9H,2-4H2,1H3. The highest BCUT2D eigenvalue weighted by molar-refractivity contribution is 5.11. The van der Waals surface area contributed by atoms with Gasteiger partial charge in [0.2, 0.25) is 0 Å². The summed E-state index contributed by atoms with van der Waals surface area (Å²) in [7, 11) is 0. The Morgan fingerprint density at radius 2 is 2.44 bits per heavy atom. The van der Waals surface area contributed by atoms with Crippen LogP contribution in [-0.4, -0.2) is 6.04 Å². The Bertz CT molecular complexity index is 151. The summed E-state index contributed by atoms with van der Waals surface area (Å²) in [6.45, 7) is 6.26. The van der Waals surface area contributed by atoms with Crippen molar-refractivity contribution in [3.63, 3.8) is 0 Å². The van der Waals surface area contributed by atoms with Gasteiger partial charge in [0, 0.05) is 11.7 Å². The third kappa shape index (κ3) is 0.752. The molecule has 0 radical (unpaired) electrons. The van der Waals surface area contributed by atoms with E-state index in [2.05, 4.69) is 18.8 Å². The lowest BCUT2D eigenvalue weighted by Gasteiger charge is -2.20. The van der Waals surface area contributed by atoms with Gasteiger partial charge in [-0.1, -0.05) is 13.5 Å². The molecule has 2 aliphatic rings. The molecule has 3 atom stereocenters. The van der Waals surface area contributed by atoms with E-state index in [1.165, 1.54) is 18.5 Å². The first-order chi connectivity index (χ1) is 4.27. The zero-order valence-electron chi connectivity index (χ0n) is 5.85. The molecular formula is C8H13N. The SMILES string of the molecule is C=C1CC(C)C2CC2N1. The fourth-order valence-electron chi connectivity index (χ4n) is 1.87. The molecule has 0 aromatic rings. The van der Waals surface area contributed by atoms with Crippen LogP contribution in [0.25, 0.3) is 0 Å². The van der Waals surface area contributed by atoms with Crippen LogP contribution < -0.4 is 5.32 Å². The van der Waals surface area contributed by atoms with Crippen LogP contribution in [0.4, 0.5) is 0 Å². The van der Waals surface area contributed by atoms with E-state index in [-0.39, 0.29) is 0 Å². The molecule has 1 saturated heterocycles. The second kappa shape index (κ2) is 1.53. The van der Waals surface area contributed by atoms with Crippen molar-refractivity contribution < 1.29 is 0 Å². The van der Waals surface area contributed by atoms with Crippen molar-refractivity contribution in [2.24, 2.45) is 11.8 Å². The van der Waals surface area contributed by atoms with Gasteiger partial charge in [-0.15, -0.1) is 0 Å². The zero-order chi connectivity index (χ0) is 6.43. The van der Waals surface area contributed by atoms with Crippen LogP contribution in [0, 0.1) is 11.8 Å². The number of fused-ring (bicyclic) bond motifs is 1. The van der Waals surface area contributed by atoms with E-state index in [1.54, 1.807) is 0 Å². The van der Waals surface area contributed by atoms with E-state index < -0.39 is 0 Å². The molecule has 1 aliphatic heterocycles. The average Bonchev–Trinajstić information content (AvgIpc) is 2.43. The minimum Gasteiger partial charge on any atom is -0.386 e. The predicted octanol–water partition coefficient (Wildman–Crippen LogP) is 1.52. The van der Waals surface area contributed by atoms with E-state index in [4.69, 9.17) is 0 Å². The third-order valence-electron chi connectivity index (χ3n) is 2.53. The summed E-state index contributed by atoms with van der Waals surface area (Å²) in [6.07, 6.45) is 2.58. The minimum absolute atomic E-state index is 0.807. The number of piperidine rings is 1. The summed E-state index contributed by atoms with van der Waals surface area (Å²) >= 11 is 0. The Hall–Kier alpha value is -0.460. The maximum atomic E-state index is 3.93. The molecule has 0 aromatic carbocycles. The quantitative estimate of drug-likeness (QED) is 0.515. The molecule has 1 N–H and O–H groups in total. The van der Waals surface area contributed by atoms with Gasteiger partial charge in [-0.2, -0.15) is 0 Å². The van der Waals surface area contributed by atoms with Crippen molar-refractivity contribution in [1.82, 2.24) is 5.32 Å². The van der Waals surface area contributed by atoms with E-state index in [0.717, 1.165) is 17.9 Å². The molecule has 1 nitrogen and oxygen atoms in total. The van der Waals surface area contributed by atoms with Crippen molar-refractivity contribution in [3.05, 3.63) is 12.3 Å². The maximum absolute atomic E-state index is 3.93. The third-order valence-corrected chi connectivity index (χ3v) is 2.53. The van der Waals surface area contributed by atoms with Crippen molar-refractivity contribution in [3.8, 4) is 0 Å². The summed E-state index contributed by atoms with van der Waals surface area (Å²) in [5, 5.41) is 3.39. The minimum atomic E-state index is 0.807.